The van der Waals surface area contributed by atoms with Gasteiger partial charge in [0.05, 0.1) is 22.9 Å². The largest absolute Gasteiger partial charge is 0.417 e. The van der Waals surface area contributed by atoms with Gasteiger partial charge in [-0.05, 0) is 30.3 Å². The van der Waals surface area contributed by atoms with E-state index in [0.29, 0.717) is 5.89 Å². The van der Waals surface area contributed by atoms with Gasteiger partial charge in [0, 0.05) is 18.3 Å². The van der Waals surface area contributed by atoms with E-state index < -0.39 is 28.6 Å². The molecule has 0 aliphatic rings. The molecule has 3 aromatic rings. The molecule has 0 radical (unpaired) electrons. The average Bonchev–Trinajstić information content (AvgIpc) is 3.22. The summed E-state index contributed by atoms with van der Waals surface area (Å²) in [7, 11) is 1.40. The molecule has 0 saturated heterocycles. The van der Waals surface area contributed by atoms with Crippen LogP contribution in [0.1, 0.15) is 5.56 Å². The molecule has 2 amide bonds. The number of likely N-dealkylation sites (N-methyl/N-ethyl adjacent to an activating group) is 1. The average molecular weight is 485 g/mol. The maximum Gasteiger partial charge on any atom is 0.417 e. The van der Waals surface area contributed by atoms with Gasteiger partial charge in [-0.15, -0.1) is 10.2 Å². The zero-order valence-corrected chi connectivity index (χ0v) is 18.1. The zero-order chi connectivity index (χ0) is 23.3. The van der Waals surface area contributed by atoms with Crippen molar-refractivity contribution in [1.82, 2.24) is 15.1 Å². The fourth-order valence-corrected chi connectivity index (χ4v) is 3.45. The van der Waals surface area contributed by atoms with Crippen molar-refractivity contribution in [2.45, 2.75) is 11.4 Å². The van der Waals surface area contributed by atoms with Gasteiger partial charge in [0.25, 0.3) is 5.22 Å². The van der Waals surface area contributed by atoms with Crippen molar-refractivity contribution < 1.29 is 27.2 Å². The van der Waals surface area contributed by atoms with E-state index in [4.69, 9.17) is 16.0 Å². The Bertz CT molecular complexity index is 1110. The molecule has 0 unspecified atom stereocenters. The molecule has 0 aliphatic carbocycles. The van der Waals surface area contributed by atoms with Crippen molar-refractivity contribution in [3.63, 3.8) is 0 Å². The monoisotopic (exact) mass is 484 g/mol. The molecule has 0 fully saturated rings. The Kier molecular flexibility index (Phi) is 7.41. The number of benzene rings is 2. The van der Waals surface area contributed by atoms with Crippen molar-refractivity contribution in [2.75, 3.05) is 24.7 Å². The van der Waals surface area contributed by atoms with Crippen LogP contribution < -0.4 is 5.32 Å². The van der Waals surface area contributed by atoms with Gasteiger partial charge in [0.15, 0.2) is 0 Å². The first kappa shape index (κ1) is 23.6. The van der Waals surface area contributed by atoms with Crippen LogP contribution in [0.3, 0.4) is 0 Å². The summed E-state index contributed by atoms with van der Waals surface area (Å²) in [6.45, 7) is -0.359. The summed E-state index contributed by atoms with van der Waals surface area (Å²) in [4.78, 5) is 25.6. The minimum atomic E-state index is -4.66. The van der Waals surface area contributed by atoms with E-state index in [9.17, 15) is 22.8 Å². The van der Waals surface area contributed by atoms with E-state index in [1.165, 1.54) is 13.1 Å². The summed E-state index contributed by atoms with van der Waals surface area (Å²) in [5, 5.41) is 9.83. The molecule has 0 atom stereocenters. The van der Waals surface area contributed by atoms with Crippen LogP contribution in [-0.2, 0) is 15.8 Å². The molecule has 32 heavy (non-hydrogen) atoms. The fourth-order valence-electron chi connectivity index (χ4n) is 2.52. The second-order valence-corrected chi connectivity index (χ2v) is 7.85. The molecule has 1 aromatic heterocycles. The Balaban J connectivity index is 1.51. The number of nitrogens with zero attached hydrogens (tertiary/aromatic N) is 3. The Morgan fingerprint density at radius 1 is 1.16 bits per heavy atom. The first-order chi connectivity index (χ1) is 15.1. The summed E-state index contributed by atoms with van der Waals surface area (Å²) in [6.07, 6.45) is -4.66. The Labute approximate surface area is 189 Å². The molecule has 1 N–H and O–H groups in total. The number of alkyl halides is 3. The number of aromatic nitrogens is 2. The number of carbonyl (C=O) groups is 2. The minimum Gasteiger partial charge on any atom is -0.411 e. The highest BCUT2D eigenvalue weighted by molar-refractivity contribution is 7.99. The highest BCUT2D eigenvalue weighted by Gasteiger charge is 2.33. The maximum absolute atomic E-state index is 12.9. The molecule has 1 heterocycles. The predicted octanol–water partition coefficient (Wildman–Crippen LogP) is 4.60. The number of carbonyl (C=O) groups excluding carboxylic acids is 2. The van der Waals surface area contributed by atoms with Gasteiger partial charge in [0.1, 0.15) is 0 Å². The first-order valence-corrected chi connectivity index (χ1v) is 10.4. The van der Waals surface area contributed by atoms with Crippen molar-refractivity contribution in [3.05, 3.63) is 59.1 Å². The second-order valence-electron chi connectivity index (χ2n) is 6.52. The molecular formula is C20H16ClF3N4O3S. The third-order valence-electron chi connectivity index (χ3n) is 4.11. The number of rotatable bonds is 7. The Morgan fingerprint density at radius 2 is 1.88 bits per heavy atom. The topological polar surface area (TPSA) is 88.3 Å². The molecule has 0 spiro atoms. The van der Waals surface area contributed by atoms with Gasteiger partial charge in [-0.2, -0.15) is 13.2 Å². The van der Waals surface area contributed by atoms with E-state index >= 15 is 0 Å². The van der Waals surface area contributed by atoms with Gasteiger partial charge >= 0.3 is 6.18 Å². The predicted molar refractivity (Wildman–Crippen MR) is 113 cm³/mol. The lowest BCUT2D eigenvalue weighted by molar-refractivity contribution is -0.137. The number of amides is 2. The summed E-state index contributed by atoms with van der Waals surface area (Å²) in [5.74, 6) is -0.823. The minimum absolute atomic E-state index is 0.0701. The van der Waals surface area contributed by atoms with Crippen LogP contribution in [0.2, 0.25) is 5.02 Å². The molecule has 0 aliphatic heterocycles. The lowest BCUT2D eigenvalue weighted by Crippen LogP contribution is -2.36. The van der Waals surface area contributed by atoms with Crippen LogP contribution in [0.4, 0.5) is 18.9 Å². The summed E-state index contributed by atoms with van der Waals surface area (Å²) in [6, 6.07) is 12.1. The van der Waals surface area contributed by atoms with E-state index in [1.54, 1.807) is 12.1 Å². The second kappa shape index (κ2) is 10.0. The van der Waals surface area contributed by atoms with E-state index in [1.807, 2.05) is 18.2 Å². The van der Waals surface area contributed by atoms with Crippen LogP contribution in [0.5, 0.6) is 0 Å². The first-order valence-electron chi connectivity index (χ1n) is 9.06. The van der Waals surface area contributed by atoms with E-state index in [2.05, 4.69) is 15.5 Å². The van der Waals surface area contributed by atoms with E-state index in [-0.39, 0.29) is 23.2 Å². The van der Waals surface area contributed by atoms with Gasteiger partial charge in [0.2, 0.25) is 17.7 Å². The fraction of sp³-hybridized carbons (Fsp3) is 0.200. The van der Waals surface area contributed by atoms with Crippen molar-refractivity contribution >= 4 is 40.9 Å². The molecule has 0 saturated carbocycles. The molecule has 2 aromatic carbocycles. The van der Waals surface area contributed by atoms with Crippen LogP contribution in [-0.4, -0.2) is 46.3 Å². The standard InChI is InChI=1S/C20H16ClF3N4O3S/c1-28(10-16(29)25-13-7-8-15(21)14(9-13)20(22,23)24)17(30)11-32-19-27-26-18(31-19)12-5-3-2-4-6-12/h2-9H,10-11H2,1H3,(H,25,29). The van der Waals surface area contributed by atoms with Gasteiger partial charge in [-0.1, -0.05) is 41.6 Å². The molecule has 168 valence electrons. The highest BCUT2D eigenvalue weighted by Crippen LogP contribution is 2.36. The molecule has 3 rings (SSSR count). The Hall–Kier alpha value is -3.05. The van der Waals surface area contributed by atoms with Crippen molar-refractivity contribution in [2.24, 2.45) is 0 Å². The third-order valence-corrected chi connectivity index (χ3v) is 5.24. The van der Waals surface area contributed by atoms with Gasteiger partial charge in [-0.3, -0.25) is 9.59 Å². The third kappa shape index (κ3) is 6.24. The summed E-state index contributed by atoms with van der Waals surface area (Å²) < 4.78 is 44.3. The SMILES string of the molecule is CN(CC(=O)Nc1ccc(Cl)c(C(F)(F)F)c1)C(=O)CSc1nnc(-c2ccccc2)o1. The van der Waals surface area contributed by atoms with E-state index in [0.717, 1.165) is 34.4 Å². The van der Waals surface area contributed by atoms with Crippen LogP contribution in [0.25, 0.3) is 11.5 Å². The molecule has 12 heteroatoms. The van der Waals surface area contributed by atoms with Crippen LogP contribution in [0.15, 0.2) is 58.2 Å². The number of halogens is 4. The lowest BCUT2D eigenvalue weighted by Gasteiger charge is -2.17. The van der Waals surface area contributed by atoms with Gasteiger partial charge < -0.3 is 14.6 Å². The lowest BCUT2D eigenvalue weighted by atomic mass is 10.2. The summed E-state index contributed by atoms with van der Waals surface area (Å²) >= 11 is 6.57. The van der Waals surface area contributed by atoms with Crippen molar-refractivity contribution in [3.8, 4) is 11.5 Å². The molecule has 0 bridgehead atoms. The normalized spacial score (nSPS) is 11.3. The molecular weight excluding hydrogens is 469 g/mol. The number of hydrogen-bond donors (Lipinski definition) is 1. The number of nitrogens with one attached hydrogen (secondary N) is 1. The molecule has 7 nitrogen and oxygen atoms in total. The van der Waals surface area contributed by atoms with Crippen LogP contribution >= 0.6 is 23.4 Å². The highest BCUT2D eigenvalue weighted by atomic mass is 35.5. The number of anilines is 1. The number of thioether (sulfide) groups is 1. The zero-order valence-electron chi connectivity index (χ0n) is 16.5. The van der Waals surface area contributed by atoms with Crippen LogP contribution in [0, 0.1) is 0 Å². The smallest absolute Gasteiger partial charge is 0.411 e. The van der Waals surface area contributed by atoms with Crippen molar-refractivity contribution in [1.29, 1.82) is 0 Å². The number of hydrogen-bond acceptors (Lipinski definition) is 6. The summed E-state index contributed by atoms with van der Waals surface area (Å²) in [5.41, 5.74) is -0.406. The maximum atomic E-state index is 12.9. The Morgan fingerprint density at radius 3 is 2.56 bits per heavy atom. The quantitative estimate of drug-likeness (QED) is 0.493. The van der Waals surface area contributed by atoms with Gasteiger partial charge in [-0.25, -0.2) is 0 Å².